The van der Waals surface area contributed by atoms with E-state index in [0.29, 0.717) is 24.2 Å². The standard InChI is InChI=1S/C12H28N2/c1-9(2)13(7)11(5)12(6)14(8)10(3)4/h9-12H,1-8H3. The monoisotopic (exact) mass is 200 g/mol. The Balaban J connectivity index is 4.30. The maximum Gasteiger partial charge on any atom is 0.0220 e. The van der Waals surface area contributed by atoms with E-state index in [-0.39, 0.29) is 0 Å². The van der Waals surface area contributed by atoms with Crippen LogP contribution >= 0.6 is 0 Å². The summed E-state index contributed by atoms with van der Waals surface area (Å²) in [6.07, 6.45) is 0. The van der Waals surface area contributed by atoms with Gasteiger partial charge in [0.05, 0.1) is 0 Å². The average Bonchev–Trinajstić information content (AvgIpc) is 2.12. The highest BCUT2D eigenvalue weighted by Crippen LogP contribution is 2.12. The lowest BCUT2D eigenvalue weighted by Gasteiger charge is -2.39. The zero-order valence-corrected chi connectivity index (χ0v) is 11.2. The van der Waals surface area contributed by atoms with Gasteiger partial charge in [0.2, 0.25) is 0 Å². The van der Waals surface area contributed by atoms with Gasteiger partial charge in [0.1, 0.15) is 0 Å². The Kier molecular flexibility index (Phi) is 5.68. The fourth-order valence-electron chi connectivity index (χ4n) is 1.62. The molecule has 0 aliphatic carbocycles. The molecular formula is C12H28N2. The lowest BCUT2D eigenvalue weighted by atomic mass is 10.1. The number of likely N-dealkylation sites (N-methyl/N-ethyl adjacent to an activating group) is 2. The van der Waals surface area contributed by atoms with Crippen molar-refractivity contribution in [3.63, 3.8) is 0 Å². The Morgan fingerprint density at radius 2 is 0.786 bits per heavy atom. The van der Waals surface area contributed by atoms with Crippen molar-refractivity contribution in [2.24, 2.45) is 0 Å². The molecule has 0 aliphatic heterocycles. The smallest absolute Gasteiger partial charge is 0.0220 e. The fraction of sp³-hybridized carbons (Fsp3) is 1.00. The van der Waals surface area contributed by atoms with Crippen LogP contribution in [0.1, 0.15) is 41.5 Å². The molecule has 86 valence electrons. The number of hydrogen-bond acceptors (Lipinski definition) is 2. The summed E-state index contributed by atoms with van der Waals surface area (Å²) in [4.78, 5) is 4.87. The van der Waals surface area contributed by atoms with E-state index in [4.69, 9.17) is 0 Å². The second-order valence-electron chi connectivity index (χ2n) is 5.00. The van der Waals surface area contributed by atoms with Crippen LogP contribution in [0, 0.1) is 0 Å². The van der Waals surface area contributed by atoms with Crippen molar-refractivity contribution >= 4 is 0 Å². The van der Waals surface area contributed by atoms with Gasteiger partial charge in [-0.3, -0.25) is 9.80 Å². The summed E-state index contributed by atoms with van der Waals surface area (Å²) in [5, 5.41) is 0. The number of nitrogens with zero attached hydrogens (tertiary/aromatic N) is 2. The van der Waals surface area contributed by atoms with Crippen molar-refractivity contribution in [1.29, 1.82) is 0 Å². The molecule has 0 bridgehead atoms. The molecule has 2 unspecified atom stereocenters. The Morgan fingerprint density at radius 3 is 0.929 bits per heavy atom. The average molecular weight is 200 g/mol. The van der Waals surface area contributed by atoms with Gasteiger partial charge in [-0.2, -0.15) is 0 Å². The number of hydrogen-bond donors (Lipinski definition) is 0. The summed E-state index contributed by atoms with van der Waals surface area (Å²) in [6, 6.07) is 2.44. The first-order valence-electron chi connectivity index (χ1n) is 5.72. The van der Waals surface area contributed by atoms with E-state index >= 15 is 0 Å². The lowest BCUT2D eigenvalue weighted by Crippen LogP contribution is -2.50. The Labute approximate surface area is 90.3 Å². The Bertz CT molecular complexity index is 136. The van der Waals surface area contributed by atoms with E-state index in [2.05, 4.69) is 65.4 Å². The second kappa shape index (κ2) is 5.72. The normalized spacial score (nSPS) is 17.1. The van der Waals surface area contributed by atoms with E-state index < -0.39 is 0 Å². The zero-order chi connectivity index (χ0) is 11.5. The zero-order valence-electron chi connectivity index (χ0n) is 11.2. The largest absolute Gasteiger partial charge is 0.300 e. The third-order valence-electron chi connectivity index (χ3n) is 3.61. The predicted octanol–water partition coefficient (Wildman–Crippen LogP) is 2.44. The van der Waals surface area contributed by atoms with Gasteiger partial charge in [-0.1, -0.05) is 0 Å². The fourth-order valence-corrected chi connectivity index (χ4v) is 1.62. The SMILES string of the molecule is CC(C)N(C)C(C)C(C)N(C)C(C)C. The molecule has 0 radical (unpaired) electrons. The molecule has 0 heterocycles. The molecule has 2 atom stereocenters. The molecular weight excluding hydrogens is 172 g/mol. The van der Waals surface area contributed by atoms with Gasteiger partial charge in [-0.15, -0.1) is 0 Å². The van der Waals surface area contributed by atoms with Gasteiger partial charge in [-0.05, 0) is 55.6 Å². The van der Waals surface area contributed by atoms with Gasteiger partial charge in [0.25, 0.3) is 0 Å². The maximum atomic E-state index is 2.43. The van der Waals surface area contributed by atoms with Crippen LogP contribution < -0.4 is 0 Å². The van der Waals surface area contributed by atoms with Gasteiger partial charge in [0, 0.05) is 24.2 Å². The van der Waals surface area contributed by atoms with Crippen molar-refractivity contribution in [2.75, 3.05) is 14.1 Å². The molecule has 0 aromatic heterocycles. The third-order valence-corrected chi connectivity index (χ3v) is 3.61. The van der Waals surface area contributed by atoms with E-state index in [1.165, 1.54) is 0 Å². The highest BCUT2D eigenvalue weighted by molar-refractivity contribution is 4.80. The molecule has 0 spiro atoms. The first-order chi connectivity index (χ1) is 6.29. The quantitative estimate of drug-likeness (QED) is 0.672. The van der Waals surface area contributed by atoms with Crippen LogP contribution in [-0.4, -0.2) is 48.1 Å². The Morgan fingerprint density at radius 1 is 0.571 bits per heavy atom. The van der Waals surface area contributed by atoms with Crippen molar-refractivity contribution in [3.05, 3.63) is 0 Å². The molecule has 14 heavy (non-hydrogen) atoms. The van der Waals surface area contributed by atoms with E-state index in [1.54, 1.807) is 0 Å². The highest BCUT2D eigenvalue weighted by atomic mass is 15.2. The van der Waals surface area contributed by atoms with E-state index in [0.717, 1.165) is 0 Å². The first-order valence-corrected chi connectivity index (χ1v) is 5.72. The molecule has 2 heteroatoms. The van der Waals surface area contributed by atoms with Gasteiger partial charge >= 0.3 is 0 Å². The predicted molar refractivity (Wildman–Crippen MR) is 64.7 cm³/mol. The second-order valence-corrected chi connectivity index (χ2v) is 5.00. The maximum absolute atomic E-state index is 2.43. The van der Waals surface area contributed by atoms with Gasteiger partial charge in [-0.25, -0.2) is 0 Å². The minimum Gasteiger partial charge on any atom is -0.300 e. The van der Waals surface area contributed by atoms with Crippen LogP contribution in [0.4, 0.5) is 0 Å². The first kappa shape index (κ1) is 13.9. The molecule has 0 aromatic carbocycles. The summed E-state index contributed by atoms with van der Waals surface area (Å²) < 4.78 is 0. The summed E-state index contributed by atoms with van der Waals surface area (Å²) in [5.74, 6) is 0. The Hall–Kier alpha value is -0.0800. The number of rotatable bonds is 5. The molecule has 0 fully saturated rings. The van der Waals surface area contributed by atoms with Crippen LogP contribution in [-0.2, 0) is 0 Å². The van der Waals surface area contributed by atoms with E-state index in [9.17, 15) is 0 Å². The summed E-state index contributed by atoms with van der Waals surface area (Å²) in [5.41, 5.74) is 0. The van der Waals surface area contributed by atoms with Crippen molar-refractivity contribution in [1.82, 2.24) is 9.80 Å². The molecule has 0 aromatic rings. The molecule has 0 saturated carbocycles. The summed E-state index contributed by atoms with van der Waals surface area (Å²) in [6.45, 7) is 13.6. The molecule has 0 aliphatic rings. The van der Waals surface area contributed by atoms with Gasteiger partial charge < -0.3 is 0 Å². The van der Waals surface area contributed by atoms with Crippen molar-refractivity contribution in [2.45, 2.75) is 65.7 Å². The van der Waals surface area contributed by atoms with Crippen molar-refractivity contribution < 1.29 is 0 Å². The molecule has 2 nitrogen and oxygen atoms in total. The van der Waals surface area contributed by atoms with Crippen LogP contribution in [0.2, 0.25) is 0 Å². The third kappa shape index (κ3) is 3.58. The lowest BCUT2D eigenvalue weighted by molar-refractivity contribution is 0.0940. The van der Waals surface area contributed by atoms with E-state index in [1.807, 2.05) is 0 Å². The summed E-state index contributed by atoms with van der Waals surface area (Å²) in [7, 11) is 4.42. The molecule has 0 N–H and O–H groups in total. The molecule has 0 rings (SSSR count). The molecule has 0 saturated heterocycles. The van der Waals surface area contributed by atoms with Crippen LogP contribution in [0.25, 0.3) is 0 Å². The highest BCUT2D eigenvalue weighted by Gasteiger charge is 2.23. The van der Waals surface area contributed by atoms with Crippen molar-refractivity contribution in [3.8, 4) is 0 Å². The minimum absolute atomic E-state index is 0.599. The van der Waals surface area contributed by atoms with Crippen LogP contribution in [0.3, 0.4) is 0 Å². The van der Waals surface area contributed by atoms with Gasteiger partial charge in [0.15, 0.2) is 0 Å². The minimum atomic E-state index is 0.599. The summed E-state index contributed by atoms with van der Waals surface area (Å²) >= 11 is 0. The van der Waals surface area contributed by atoms with Crippen LogP contribution in [0.15, 0.2) is 0 Å². The molecule has 0 amide bonds. The topological polar surface area (TPSA) is 6.48 Å². The van der Waals surface area contributed by atoms with Crippen LogP contribution in [0.5, 0.6) is 0 Å².